The van der Waals surface area contributed by atoms with Crippen molar-refractivity contribution in [2.24, 2.45) is 0 Å². The van der Waals surface area contributed by atoms with Crippen LogP contribution in [0.25, 0.3) is 32.7 Å². The Morgan fingerprint density at radius 3 is 1.38 bits per heavy atom. The van der Waals surface area contributed by atoms with E-state index in [0.29, 0.717) is 0 Å². The largest absolute Gasteiger partial charge is 0.147 e. The van der Waals surface area contributed by atoms with Crippen LogP contribution in [0.2, 0.25) is 0 Å². The van der Waals surface area contributed by atoms with Crippen LogP contribution in [0.15, 0.2) is 121 Å². The van der Waals surface area contributed by atoms with E-state index in [-0.39, 0.29) is 46.5 Å². The monoisotopic (exact) mass is 884 g/mol. The average molecular weight is 887 g/mol. The Hall–Kier alpha value is -3.35. The molecule has 0 atom stereocenters. The van der Waals surface area contributed by atoms with Gasteiger partial charge in [-0.15, -0.1) is 142 Å². The Balaban J connectivity index is 0.000000322. The molecule has 0 saturated heterocycles. The van der Waals surface area contributed by atoms with E-state index in [1.54, 1.807) is 0 Å². The molecule has 3 heteroatoms. The van der Waals surface area contributed by atoms with E-state index in [1.807, 2.05) is 60.7 Å². The van der Waals surface area contributed by atoms with E-state index in [4.69, 9.17) is 0 Å². The van der Waals surface area contributed by atoms with Crippen molar-refractivity contribution in [3.63, 3.8) is 0 Å². The minimum absolute atomic E-state index is 0. The number of hydrogen-bond acceptors (Lipinski definition) is 0. The molecule has 0 heterocycles. The zero-order chi connectivity index (χ0) is 41.3. The molecule has 6 aromatic rings. The molecule has 8 rings (SSSR count). The number of hydrogen-bond donors (Lipinski definition) is 0. The van der Waals surface area contributed by atoms with Gasteiger partial charge in [0.1, 0.15) is 0 Å². The Morgan fingerprint density at radius 2 is 0.983 bits per heavy atom. The van der Waals surface area contributed by atoms with Gasteiger partial charge in [0, 0.05) is 0 Å². The van der Waals surface area contributed by atoms with Gasteiger partial charge in [-0.1, -0.05) is 130 Å². The molecule has 0 bridgehead atoms. The minimum Gasteiger partial charge on any atom is -0.147 e. The van der Waals surface area contributed by atoms with Gasteiger partial charge in [0.05, 0.1) is 0 Å². The molecule has 0 amide bonds. The van der Waals surface area contributed by atoms with Crippen LogP contribution in [0, 0.1) is 24.3 Å². The molecular formula is C55H64Cl2Zr-4. The van der Waals surface area contributed by atoms with Gasteiger partial charge in [-0.3, -0.25) is 6.08 Å². The summed E-state index contributed by atoms with van der Waals surface area (Å²) in [7, 11) is 0. The fraction of sp³-hybridized carbons (Fsp3) is 0.327. The van der Waals surface area contributed by atoms with Crippen LogP contribution in [0.4, 0.5) is 0 Å². The zero-order valence-electron chi connectivity index (χ0n) is 37.0. The van der Waals surface area contributed by atoms with Gasteiger partial charge >= 0.3 is 28.4 Å². The maximum atomic E-state index is 3.90. The topological polar surface area (TPSA) is 0 Å². The summed E-state index contributed by atoms with van der Waals surface area (Å²) in [5, 5.41) is 4.88. The predicted octanol–water partition coefficient (Wildman–Crippen LogP) is 15.6. The van der Waals surface area contributed by atoms with E-state index in [1.165, 1.54) is 90.3 Å². The van der Waals surface area contributed by atoms with Gasteiger partial charge in [-0.05, 0) is 39.4 Å². The number of rotatable bonds is 0. The molecular weight excluding hydrogens is 823 g/mol. The predicted molar refractivity (Wildman–Crippen MR) is 257 cm³/mol. The summed E-state index contributed by atoms with van der Waals surface area (Å²) in [6, 6.07) is 46.2. The van der Waals surface area contributed by atoms with Gasteiger partial charge < -0.3 is 0 Å². The first kappa shape index (κ1) is 50.8. The maximum absolute atomic E-state index is 3.90. The van der Waals surface area contributed by atoms with Crippen LogP contribution in [0.1, 0.15) is 123 Å². The first-order valence-electron chi connectivity index (χ1n) is 19.9. The third kappa shape index (κ3) is 13.6. The van der Waals surface area contributed by atoms with Crippen molar-refractivity contribution >= 4 is 50.6 Å². The minimum atomic E-state index is 0. The van der Waals surface area contributed by atoms with Crippen molar-refractivity contribution in [1.29, 1.82) is 0 Å². The normalized spacial score (nSPS) is 12.4. The van der Waals surface area contributed by atoms with Crippen LogP contribution in [0.3, 0.4) is 0 Å². The summed E-state index contributed by atoms with van der Waals surface area (Å²) in [5.74, 6) is 0. The molecule has 0 saturated carbocycles. The molecule has 0 spiro atoms. The molecule has 2 aliphatic rings. The quantitative estimate of drug-likeness (QED) is 0.133. The first-order valence-corrected chi connectivity index (χ1v) is 21.6. The van der Waals surface area contributed by atoms with Gasteiger partial charge in [-0.25, -0.2) is 12.2 Å². The van der Waals surface area contributed by atoms with Crippen molar-refractivity contribution in [3.05, 3.63) is 179 Å². The Labute approximate surface area is 379 Å². The first-order chi connectivity index (χ1) is 26.3. The zero-order valence-corrected chi connectivity index (χ0v) is 41.1. The van der Waals surface area contributed by atoms with Crippen LogP contribution < -0.4 is 0 Å². The van der Waals surface area contributed by atoms with E-state index in [9.17, 15) is 0 Å². The summed E-state index contributed by atoms with van der Waals surface area (Å²) < 4.78 is 3.34. The van der Waals surface area contributed by atoms with Crippen molar-refractivity contribution < 1.29 is 24.2 Å². The van der Waals surface area contributed by atoms with Gasteiger partial charge in [-0.2, -0.15) is 23.8 Å². The smallest absolute Gasteiger partial charge is 0.0801 e. The summed E-state index contributed by atoms with van der Waals surface area (Å²) in [5.41, 5.74) is 11.9. The number of fused-ring (bicyclic) bond motifs is 5. The average Bonchev–Trinajstić information content (AvgIpc) is 3.86. The standard InChI is InChI=1S/C29H41.2C10H7.C5H5.CH2.2ClH.Zr/c1-26(2,3)22-14-18-13-19-15-23(27(4,5)6)25(29(10,11)12)17-21(19)20(18)16-24(22)28(7,8)9;2*1-2-6-10-8-4-3-7-9(10)5-1;1-2-4-5-3-1;;;;/h14,16-17H,13H2,1-12H3;2*1-7H;1-3H,4H2;1H2;2*1H;/q4*-1;;;;. The van der Waals surface area contributed by atoms with Crippen molar-refractivity contribution in [3.8, 4) is 11.1 Å². The molecule has 0 unspecified atom stereocenters. The number of allylic oxidation sites excluding steroid dienone is 4. The van der Waals surface area contributed by atoms with E-state index < -0.39 is 0 Å². The molecule has 0 N–H and O–H groups in total. The van der Waals surface area contributed by atoms with Gasteiger partial charge in [0.15, 0.2) is 0 Å². The molecule has 2 aliphatic carbocycles. The van der Waals surface area contributed by atoms with E-state index in [2.05, 4.69) is 172 Å². The number of benzene rings is 6. The summed E-state index contributed by atoms with van der Waals surface area (Å²) in [6.45, 7) is 28.0. The summed E-state index contributed by atoms with van der Waals surface area (Å²) >= 11 is 1.30. The van der Waals surface area contributed by atoms with Gasteiger partial charge in [0.2, 0.25) is 0 Å². The molecule has 0 aliphatic heterocycles. The van der Waals surface area contributed by atoms with Crippen molar-refractivity contribution in [1.82, 2.24) is 0 Å². The second-order valence-electron chi connectivity index (χ2n) is 18.7. The molecule has 0 fully saturated rings. The maximum Gasteiger partial charge on any atom is -0.0801 e. The summed E-state index contributed by atoms with van der Waals surface area (Å²) in [6.07, 6.45) is 11.0. The van der Waals surface area contributed by atoms with Crippen molar-refractivity contribution in [2.45, 2.75) is 118 Å². The third-order valence-corrected chi connectivity index (χ3v) is 9.96. The second-order valence-corrected chi connectivity index (χ2v) is 18.7. The molecule has 6 aromatic carbocycles. The Bertz CT molecular complexity index is 1990. The van der Waals surface area contributed by atoms with E-state index >= 15 is 0 Å². The van der Waals surface area contributed by atoms with Crippen molar-refractivity contribution in [2.75, 3.05) is 0 Å². The van der Waals surface area contributed by atoms with Crippen LogP contribution in [0.5, 0.6) is 0 Å². The Kier molecular flexibility index (Phi) is 19.1. The van der Waals surface area contributed by atoms with Crippen LogP contribution in [-0.2, 0) is 52.3 Å². The Morgan fingerprint density at radius 1 is 0.534 bits per heavy atom. The van der Waals surface area contributed by atoms with Crippen LogP contribution in [-0.4, -0.2) is 4.21 Å². The molecule has 0 radical (unpaired) electrons. The summed E-state index contributed by atoms with van der Waals surface area (Å²) in [4.78, 5) is 0. The third-order valence-electron chi connectivity index (χ3n) is 9.96. The number of halogens is 2. The second kappa shape index (κ2) is 21.8. The molecule has 0 aromatic heterocycles. The fourth-order valence-corrected chi connectivity index (χ4v) is 7.09. The molecule has 0 nitrogen and oxygen atoms in total. The SMILES string of the molecule is CC(C)(C)c1[c-]c2c(cc1C(C)(C)C)-c1cc(C(C)(C)C)c(C(C)(C)C)cc1C2.Cl.Cl.[C-]1=CC=CC1.[CH2]=[Zr].[c-]1cccc2ccccc12.[c-]1cccc2ccccc12. The molecule has 58 heavy (non-hydrogen) atoms. The molecule has 306 valence electrons. The van der Waals surface area contributed by atoms with Gasteiger partial charge in [0.25, 0.3) is 0 Å². The van der Waals surface area contributed by atoms with E-state index in [0.717, 1.165) is 12.8 Å². The van der Waals surface area contributed by atoms with Crippen LogP contribution >= 0.6 is 24.8 Å². The fourth-order valence-electron chi connectivity index (χ4n) is 7.09.